The summed E-state index contributed by atoms with van der Waals surface area (Å²) in [4.78, 5) is 14.7. The molecule has 2 rings (SSSR count). The second-order valence-electron chi connectivity index (χ2n) is 3.79. The summed E-state index contributed by atoms with van der Waals surface area (Å²) in [5, 5.41) is 11.6. The van der Waals surface area contributed by atoms with Crippen molar-refractivity contribution in [3.63, 3.8) is 0 Å². The van der Waals surface area contributed by atoms with Crippen LogP contribution in [-0.4, -0.2) is 9.91 Å². The van der Waals surface area contributed by atoms with Crippen molar-refractivity contribution in [2.75, 3.05) is 5.73 Å². The van der Waals surface area contributed by atoms with E-state index in [2.05, 4.69) is 4.98 Å². The van der Waals surface area contributed by atoms with Gasteiger partial charge in [0, 0.05) is 16.7 Å². The van der Waals surface area contributed by atoms with Crippen molar-refractivity contribution in [2.45, 2.75) is 6.92 Å². The first-order valence-electron chi connectivity index (χ1n) is 5.16. The molecule has 1 heterocycles. The number of rotatable bonds is 2. The third kappa shape index (κ3) is 2.26. The van der Waals surface area contributed by atoms with E-state index in [-0.39, 0.29) is 5.69 Å². The summed E-state index contributed by atoms with van der Waals surface area (Å²) in [5.41, 5.74) is 7.32. The van der Waals surface area contributed by atoms with Crippen molar-refractivity contribution in [2.24, 2.45) is 0 Å². The SMILES string of the molecule is Cc1nc(-c2ccc(Cl)cc2)c([N+](=O)[O-])cc1N. The summed E-state index contributed by atoms with van der Waals surface area (Å²) in [6.07, 6.45) is 0. The third-order valence-corrected chi connectivity index (χ3v) is 2.80. The van der Waals surface area contributed by atoms with Crippen LogP contribution in [0.25, 0.3) is 11.3 Å². The van der Waals surface area contributed by atoms with Crippen LogP contribution in [0.5, 0.6) is 0 Å². The summed E-state index contributed by atoms with van der Waals surface area (Å²) in [5.74, 6) is 0. The molecule has 2 aromatic rings. The van der Waals surface area contributed by atoms with Crippen molar-refractivity contribution in [1.82, 2.24) is 4.98 Å². The molecule has 0 fully saturated rings. The highest BCUT2D eigenvalue weighted by Gasteiger charge is 2.18. The number of nitro groups is 1. The molecule has 1 aromatic heterocycles. The lowest BCUT2D eigenvalue weighted by Gasteiger charge is -2.06. The lowest BCUT2D eigenvalue weighted by molar-refractivity contribution is -0.384. The standard InChI is InChI=1S/C12H10ClN3O2/c1-7-10(14)6-11(16(17)18)12(15-7)8-2-4-9(13)5-3-8/h2-6H,14H2,1H3. The number of halogens is 1. The molecule has 6 heteroatoms. The lowest BCUT2D eigenvalue weighted by Crippen LogP contribution is -2.00. The van der Waals surface area contributed by atoms with Gasteiger partial charge in [-0.15, -0.1) is 0 Å². The molecule has 0 aliphatic heterocycles. The van der Waals surface area contributed by atoms with Gasteiger partial charge in [0.25, 0.3) is 5.69 Å². The molecule has 5 nitrogen and oxygen atoms in total. The van der Waals surface area contributed by atoms with Crippen molar-refractivity contribution in [3.8, 4) is 11.3 Å². The van der Waals surface area contributed by atoms with E-state index in [4.69, 9.17) is 17.3 Å². The van der Waals surface area contributed by atoms with Gasteiger partial charge in [-0.25, -0.2) is 4.98 Å². The van der Waals surface area contributed by atoms with Gasteiger partial charge in [0.2, 0.25) is 0 Å². The van der Waals surface area contributed by atoms with Crippen LogP contribution in [-0.2, 0) is 0 Å². The van der Waals surface area contributed by atoms with Gasteiger partial charge < -0.3 is 5.73 Å². The summed E-state index contributed by atoms with van der Waals surface area (Å²) in [7, 11) is 0. The number of aryl methyl sites for hydroxylation is 1. The highest BCUT2D eigenvalue weighted by atomic mass is 35.5. The Morgan fingerprint density at radius 2 is 1.94 bits per heavy atom. The molecule has 2 N–H and O–H groups in total. The van der Waals surface area contributed by atoms with E-state index in [0.717, 1.165) is 0 Å². The highest BCUT2D eigenvalue weighted by Crippen LogP contribution is 2.31. The number of anilines is 1. The normalized spacial score (nSPS) is 10.3. The molecule has 0 aliphatic rings. The molecule has 0 atom stereocenters. The van der Waals surface area contributed by atoms with E-state index >= 15 is 0 Å². The molecule has 0 saturated carbocycles. The van der Waals surface area contributed by atoms with Gasteiger partial charge in [0.05, 0.1) is 16.3 Å². The van der Waals surface area contributed by atoms with E-state index in [0.29, 0.717) is 27.7 Å². The Morgan fingerprint density at radius 3 is 2.50 bits per heavy atom. The zero-order valence-corrected chi connectivity index (χ0v) is 10.3. The summed E-state index contributed by atoms with van der Waals surface area (Å²) < 4.78 is 0. The van der Waals surface area contributed by atoms with Gasteiger partial charge in [-0.2, -0.15) is 0 Å². The number of nitrogen functional groups attached to an aromatic ring is 1. The fraction of sp³-hybridized carbons (Fsp3) is 0.0833. The molecule has 92 valence electrons. The fourth-order valence-electron chi connectivity index (χ4n) is 1.57. The third-order valence-electron chi connectivity index (χ3n) is 2.55. The van der Waals surface area contributed by atoms with Crippen LogP contribution < -0.4 is 5.73 Å². The Kier molecular flexibility index (Phi) is 3.16. The minimum Gasteiger partial charge on any atom is -0.397 e. The Morgan fingerprint density at radius 1 is 1.33 bits per heavy atom. The van der Waals surface area contributed by atoms with Gasteiger partial charge in [-0.1, -0.05) is 23.7 Å². The topological polar surface area (TPSA) is 82.0 Å². The predicted molar refractivity (Wildman–Crippen MR) is 70.5 cm³/mol. The molecule has 0 spiro atoms. The number of hydrogen-bond acceptors (Lipinski definition) is 4. The quantitative estimate of drug-likeness (QED) is 0.666. The van der Waals surface area contributed by atoms with Gasteiger partial charge in [-0.05, 0) is 19.1 Å². The maximum absolute atomic E-state index is 11.0. The zero-order valence-electron chi connectivity index (χ0n) is 9.55. The minimum absolute atomic E-state index is 0.111. The van der Waals surface area contributed by atoms with Gasteiger partial charge >= 0.3 is 0 Å². The zero-order chi connectivity index (χ0) is 13.3. The second kappa shape index (κ2) is 4.62. The number of aromatic nitrogens is 1. The first kappa shape index (κ1) is 12.3. The monoisotopic (exact) mass is 263 g/mol. The van der Waals surface area contributed by atoms with E-state index in [1.807, 2.05) is 0 Å². The van der Waals surface area contributed by atoms with E-state index in [9.17, 15) is 10.1 Å². The molecular weight excluding hydrogens is 254 g/mol. The minimum atomic E-state index is -0.493. The number of nitrogens with zero attached hydrogens (tertiary/aromatic N) is 2. The van der Waals surface area contributed by atoms with Crippen molar-refractivity contribution >= 4 is 23.0 Å². The molecule has 0 saturated heterocycles. The van der Waals surface area contributed by atoms with Crippen LogP contribution in [0.2, 0.25) is 5.02 Å². The summed E-state index contributed by atoms with van der Waals surface area (Å²) in [6.45, 7) is 1.71. The Bertz CT molecular complexity index is 611. The summed E-state index contributed by atoms with van der Waals surface area (Å²) >= 11 is 5.78. The molecular formula is C12H10ClN3O2. The number of benzene rings is 1. The molecule has 0 amide bonds. The molecule has 0 radical (unpaired) electrons. The van der Waals surface area contributed by atoms with Crippen LogP contribution >= 0.6 is 11.6 Å². The van der Waals surface area contributed by atoms with Crippen molar-refractivity contribution < 1.29 is 4.92 Å². The van der Waals surface area contributed by atoms with Crippen molar-refractivity contribution in [1.29, 1.82) is 0 Å². The Hall–Kier alpha value is -2.14. The number of nitrogens with two attached hydrogens (primary N) is 1. The van der Waals surface area contributed by atoms with E-state index < -0.39 is 4.92 Å². The highest BCUT2D eigenvalue weighted by molar-refractivity contribution is 6.30. The van der Waals surface area contributed by atoms with Gasteiger partial charge in [0.15, 0.2) is 0 Å². The predicted octanol–water partition coefficient (Wildman–Crippen LogP) is 3.20. The Labute approximate surface area is 108 Å². The average molecular weight is 264 g/mol. The van der Waals surface area contributed by atoms with Crippen LogP contribution in [0.3, 0.4) is 0 Å². The maximum Gasteiger partial charge on any atom is 0.297 e. The summed E-state index contributed by atoms with van der Waals surface area (Å²) in [6, 6.07) is 8.02. The van der Waals surface area contributed by atoms with Gasteiger partial charge in [-0.3, -0.25) is 10.1 Å². The van der Waals surface area contributed by atoms with Crippen LogP contribution in [0.1, 0.15) is 5.69 Å². The second-order valence-corrected chi connectivity index (χ2v) is 4.23. The first-order valence-corrected chi connectivity index (χ1v) is 5.54. The van der Waals surface area contributed by atoms with Gasteiger partial charge in [0.1, 0.15) is 5.69 Å². The number of hydrogen-bond donors (Lipinski definition) is 1. The van der Waals surface area contributed by atoms with E-state index in [1.54, 1.807) is 31.2 Å². The maximum atomic E-state index is 11.0. The van der Waals surface area contributed by atoms with Crippen LogP contribution in [0.4, 0.5) is 11.4 Å². The van der Waals surface area contributed by atoms with Crippen LogP contribution in [0, 0.1) is 17.0 Å². The number of pyridine rings is 1. The smallest absolute Gasteiger partial charge is 0.297 e. The molecule has 0 aliphatic carbocycles. The largest absolute Gasteiger partial charge is 0.397 e. The molecule has 18 heavy (non-hydrogen) atoms. The van der Waals surface area contributed by atoms with E-state index in [1.165, 1.54) is 6.07 Å². The fourth-order valence-corrected chi connectivity index (χ4v) is 1.69. The lowest BCUT2D eigenvalue weighted by atomic mass is 10.1. The average Bonchev–Trinajstić information content (AvgIpc) is 2.33. The Balaban J connectivity index is 2.65. The first-order chi connectivity index (χ1) is 8.49. The van der Waals surface area contributed by atoms with Crippen molar-refractivity contribution in [3.05, 3.63) is 51.2 Å². The van der Waals surface area contributed by atoms with Crippen LogP contribution in [0.15, 0.2) is 30.3 Å². The molecule has 1 aromatic carbocycles. The molecule has 0 unspecified atom stereocenters. The molecule has 0 bridgehead atoms.